The van der Waals surface area contributed by atoms with Crippen LogP contribution >= 0.6 is 0 Å². The predicted molar refractivity (Wildman–Crippen MR) is 106 cm³/mol. The van der Waals surface area contributed by atoms with Gasteiger partial charge in [0.15, 0.2) is 11.5 Å². The van der Waals surface area contributed by atoms with Crippen LogP contribution in [0.25, 0.3) is 10.9 Å². The molecule has 3 N–H and O–H groups in total. The second-order valence-corrected chi connectivity index (χ2v) is 6.77. The van der Waals surface area contributed by atoms with Gasteiger partial charge in [0.1, 0.15) is 0 Å². The van der Waals surface area contributed by atoms with Crippen LogP contribution in [0.3, 0.4) is 0 Å². The summed E-state index contributed by atoms with van der Waals surface area (Å²) in [5.74, 6) is 1.45. The number of aryl methyl sites for hydroxylation is 1. The minimum atomic E-state index is 0.559. The molecule has 136 valence electrons. The van der Waals surface area contributed by atoms with E-state index in [0.29, 0.717) is 6.04 Å². The average molecular weight is 351 g/mol. The van der Waals surface area contributed by atoms with Crippen molar-refractivity contribution in [3.63, 3.8) is 0 Å². The number of aromatic amines is 1. The monoisotopic (exact) mass is 351 g/mol. The molecule has 4 rings (SSSR count). The number of rotatable bonds is 5. The van der Waals surface area contributed by atoms with Crippen molar-refractivity contribution in [2.24, 2.45) is 0 Å². The number of nitrogens with one attached hydrogen (secondary N) is 3. The Morgan fingerprint density at radius 3 is 2.54 bits per heavy atom. The van der Waals surface area contributed by atoms with Crippen LogP contribution in [0, 0.1) is 0 Å². The summed E-state index contributed by atoms with van der Waals surface area (Å²) in [5.41, 5.74) is 6.08. The highest BCUT2D eigenvalue weighted by atomic mass is 16.5. The van der Waals surface area contributed by atoms with Crippen LogP contribution in [0.15, 0.2) is 36.4 Å². The molecular formula is C21H25N3O2. The van der Waals surface area contributed by atoms with E-state index in [1.54, 1.807) is 14.2 Å². The molecule has 0 aliphatic heterocycles. The molecular weight excluding hydrogens is 326 g/mol. The molecule has 1 aromatic heterocycles. The average Bonchev–Trinajstić information content (AvgIpc) is 3.05. The van der Waals surface area contributed by atoms with Gasteiger partial charge in [0, 0.05) is 40.1 Å². The number of ether oxygens (including phenoxy) is 2. The summed E-state index contributed by atoms with van der Waals surface area (Å²) in [6.07, 6.45) is 3.37. The van der Waals surface area contributed by atoms with Gasteiger partial charge in [-0.2, -0.15) is 0 Å². The Morgan fingerprint density at radius 1 is 1.00 bits per heavy atom. The standard InChI is InChI=1S/C21H25N3O2/c1-22-13-4-7-18-16(10-13)17-11-14(5-8-19(17)24-18)23-15-6-9-20(25-2)21(12-15)26-3/h5-6,8-9,11-13,22-24H,4,7,10H2,1-3H3. The number of H-pyrrole nitrogens is 1. The number of aromatic nitrogens is 1. The van der Waals surface area contributed by atoms with Crippen LogP contribution in [0.5, 0.6) is 11.5 Å². The molecule has 1 aliphatic rings. The number of fused-ring (bicyclic) bond motifs is 3. The lowest BCUT2D eigenvalue weighted by molar-refractivity contribution is 0.355. The lowest BCUT2D eigenvalue weighted by Gasteiger charge is -2.21. The third-order valence-electron chi connectivity index (χ3n) is 5.27. The second-order valence-electron chi connectivity index (χ2n) is 6.77. The highest BCUT2D eigenvalue weighted by molar-refractivity contribution is 5.89. The number of likely N-dealkylation sites (N-methyl/N-ethyl adjacent to an activating group) is 1. The Bertz CT molecular complexity index is 932. The molecule has 0 bridgehead atoms. The van der Waals surface area contributed by atoms with Gasteiger partial charge in [-0.25, -0.2) is 0 Å². The Hall–Kier alpha value is -2.66. The van der Waals surface area contributed by atoms with Crippen molar-refractivity contribution < 1.29 is 9.47 Å². The third-order valence-corrected chi connectivity index (χ3v) is 5.27. The highest BCUT2D eigenvalue weighted by Crippen LogP contribution is 2.34. The van der Waals surface area contributed by atoms with Crippen molar-refractivity contribution in [3.05, 3.63) is 47.7 Å². The number of hydrogen-bond donors (Lipinski definition) is 3. The van der Waals surface area contributed by atoms with Crippen molar-refractivity contribution in [2.75, 3.05) is 26.6 Å². The fraction of sp³-hybridized carbons (Fsp3) is 0.333. The van der Waals surface area contributed by atoms with Crippen LogP contribution in [-0.2, 0) is 12.8 Å². The fourth-order valence-corrected chi connectivity index (χ4v) is 3.82. The zero-order valence-electron chi connectivity index (χ0n) is 15.5. The van der Waals surface area contributed by atoms with Crippen molar-refractivity contribution in [1.82, 2.24) is 10.3 Å². The van der Waals surface area contributed by atoms with E-state index in [0.717, 1.165) is 35.7 Å². The Morgan fingerprint density at radius 2 is 1.77 bits per heavy atom. The summed E-state index contributed by atoms with van der Waals surface area (Å²) in [6.45, 7) is 0. The maximum absolute atomic E-state index is 5.39. The molecule has 0 amide bonds. The minimum Gasteiger partial charge on any atom is -0.493 e. The normalized spacial score (nSPS) is 16.3. The van der Waals surface area contributed by atoms with Crippen LogP contribution in [0.1, 0.15) is 17.7 Å². The Balaban J connectivity index is 1.65. The van der Waals surface area contributed by atoms with Gasteiger partial charge in [0.05, 0.1) is 14.2 Å². The smallest absolute Gasteiger partial charge is 0.162 e. The van der Waals surface area contributed by atoms with Gasteiger partial charge >= 0.3 is 0 Å². The summed E-state index contributed by atoms with van der Waals surface area (Å²) in [4.78, 5) is 3.59. The zero-order chi connectivity index (χ0) is 18.1. The van der Waals surface area contributed by atoms with Crippen molar-refractivity contribution in [2.45, 2.75) is 25.3 Å². The molecule has 1 atom stereocenters. The first kappa shape index (κ1) is 16.8. The van der Waals surface area contributed by atoms with E-state index in [2.05, 4.69) is 40.9 Å². The number of benzene rings is 2. The van der Waals surface area contributed by atoms with Gasteiger partial charge in [-0.1, -0.05) is 0 Å². The molecule has 5 heteroatoms. The highest BCUT2D eigenvalue weighted by Gasteiger charge is 2.21. The summed E-state index contributed by atoms with van der Waals surface area (Å²) in [5, 5.41) is 8.21. The molecule has 0 saturated heterocycles. The molecule has 5 nitrogen and oxygen atoms in total. The molecule has 3 aromatic rings. The fourth-order valence-electron chi connectivity index (χ4n) is 3.82. The molecule has 0 fully saturated rings. The summed E-state index contributed by atoms with van der Waals surface area (Å²) in [7, 11) is 5.35. The van der Waals surface area contributed by atoms with Crippen LogP contribution in [-0.4, -0.2) is 32.3 Å². The number of anilines is 2. The summed E-state index contributed by atoms with van der Waals surface area (Å²) < 4.78 is 10.7. The molecule has 0 saturated carbocycles. The quantitative estimate of drug-likeness (QED) is 0.650. The topological polar surface area (TPSA) is 58.3 Å². The molecule has 1 heterocycles. The van der Waals surface area contributed by atoms with Gasteiger partial charge in [0.25, 0.3) is 0 Å². The molecule has 0 spiro atoms. The summed E-state index contributed by atoms with van der Waals surface area (Å²) >= 11 is 0. The largest absolute Gasteiger partial charge is 0.493 e. The Kier molecular flexibility index (Phi) is 4.47. The number of methoxy groups -OCH3 is 2. The molecule has 1 aliphatic carbocycles. The maximum Gasteiger partial charge on any atom is 0.162 e. The van der Waals surface area contributed by atoms with Crippen LogP contribution < -0.4 is 20.1 Å². The van der Waals surface area contributed by atoms with E-state index in [1.807, 2.05) is 18.2 Å². The van der Waals surface area contributed by atoms with Gasteiger partial charge in [-0.3, -0.25) is 0 Å². The van der Waals surface area contributed by atoms with Gasteiger partial charge in [-0.15, -0.1) is 0 Å². The third kappa shape index (κ3) is 2.99. The molecule has 26 heavy (non-hydrogen) atoms. The Labute approximate surface area is 153 Å². The van der Waals surface area contributed by atoms with Gasteiger partial charge < -0.3 is 25.1 Å². The minimum absolute atomic E-state index is 0.559. The van der Waals surface area contributed by atoms with E-state index in [4.69, 9.17) is 9.47 Å². The van der Waals surface area contributed by atoms with Crippen molar-refractivity contribution in [3.8, 4) is 11.5 Å². The zero-order valence-corrected chi connectivity index (χ0v) is 15.5. The second kappa shape index (κ2) is 6.92. The first-order chi connectivity index (χ1) is 12.7. The van der Waals surface area contributed by atoms with E-state index >= 15 is 0 Å². The maximum atomic E-state index is 5.39. The van der Waals surface area contributed by atoms with E-state index in [9.17, 15) is 0 Å². The van der Waals surface area contributed by atoms with Gasteiger partial charge in [-0.05, 0) is 62.2 Å². The van der Waals surface area contributed by atoms with E-state index < -0.39 is 0 Å². The lowest BCUT2D eigenvalue weighted by Crippen LogP contribution is -2.31. The van der Waals surface area contributed by atoms with E-state index in [-0.39, 0.29) is 0 Å². The molecule has 2 aromatic carbocycles. The van der Waals surface area contributed by atoms with Crippen LogP contribution in [0.4, 0.5) is 11.4 Å². The first-order valence-corrected chi connectivity index (χ1v) is 9.01. The number of hydrogen-bond acceptors (Lipinski definition) is 4. The van der Waals surface area contributed by atoms with Crippen molar-refractivity contribution >= 4 is 22.3 Å². The predicted octanol–water partition coefficient (Wildman–Crippen LogP) is 4.01. The van der Waals surface area contributed by atoms with E-state index in [1.165, 1.54) is 28.6 Å². The molecule has 0 radical (unpaired) electrons. The van der Waals surface area contributed by atoms with Crippen LogP contribution in [0.2, 0.25) is 0 Å². The lowest BCUT2D eigenvalue weighted by atomic mass is 9.91. The first-order valence-electron chi connectivity index (χ1n) is 9.01. The molecule has 1 unspecified atom stereocenters. The van der Waals surface area contributed by atoms with Gasteiger partial charge in [0.2, 0.25) is 0 Å². The SMILES string of the molecule is CNC1CCc2[nH]c3ccc(Nc4ccc(OC)c(OC)c4)cc3c2C1. The van der Waals surface area contributed by atoms with Crippen molar-refractivity contribution in [1.29, 1.82) is 0 Å². The summed E-state index contributed by atoms with van der Waals surface area (Å²) in [6, 6.07) is 12.9.